The van der Waals surface area contributed by atoms with Crippen LogP contribution in [0.5, 0.6) is 11.5 Å². The van der Waals surface area contributed by atoms with Gasteiger partial charge in [0.1, 0.15) is 18.0 Å². The Bertz CT molecular complexity index is 1720. The molecule has 1 saturated heterocycles. The summed E-state index contributed by atoms with van der Waals surface area (Å²) in [5.74, 6) is 0.245. The molecule has 1 aliphatic carbocycles. The van der Waals surface area contributed by atoms with E-state index in [0.29, 0.717) is 5.69 Å². The number of carbonyl (C=O) groups is 3. The number of ether oxygens (including phenoxy) is 2. The first-order valence-electron chi connectivity index (χ1n) is 15.0. The Morgan fingerprint density at radius 1 is 0.889 bits per heavy atom. The molecule has 7 rings (SSSR count). The summed E-state index contributed by atoms with van der Waals surface area (Å²) in [7, 11) is 3.26. The number of anilines is 1. The number of carbonyl (C=O) groups excluding carboxylic acids is 3. The van der Waals surface area contributed by atoms with E-state index >= 15 is 0 Å². The van der Waals surface area contributed by atoms with Crippen LogP contribution in [0.4, 0.5) is 5.69 Å². The van der Waals surface area contributed by atoms with Gasteiger partial charge in [0.05, 0.1) is 31.7 Å². The molecule has 4 atom stereocenters. The highest BCUT2D eigenvalue weighted by atomic mass is 16.5. The number of para-hydroxylation sites is 1. The first-order valence-corrected chi connectivity index (χ1v) is 15.0. The third kappa shape index (κ3) is 5.03. The first kappa shape index (κ1) is 28.5. The van der Waals surface area contributed by atoms with Crippen LogP contribution in [0.15, 0.2) is 99.9 Å². The molecular weight excluding hydrogens is 572 g/mol. The molecule has 3 aromatic carbocycles. The highest BCUT2D eigenvalue weighted by Crippen LogP contribution is 2.45. The van der Waals surface area contributed by atoms with Gasteiger partial charge in [-0.05, 0) is 78.4 Å². The van der Waals surface area contributed by atoms with Gasteiger partial charge in [0.15, 0.2) is 12.1 Å². The van der Waals surface area contributed by atoms with Gasteiger partial charge in [0.2, 0.25) is 0 Å². The minimum absolute atomic E-state index is 0.0168. The number of nitrogens with zero attached hydrogens (tertiary/aromatic N) is 6. The van der Waals surface area contributed by atoms with Gasteiger partial charge in [-0.25, -0.2) is 9.91 Å². The molecule has 3 aromatic rings. The largest absolute Gasteiger partial charge is 0.497 e. The maximum absolute atomic E-state index is 14.1. The summed E-state index contributed by atoms with van der Waals surface area (Å²) in [6, 6.07) is 21.9. The molecule has 3 amide bonds. The average Bonchev–Trinajstić information content (AvgIpc) is 3.75. The van der Waals surface area contributed by atoms with Crippen LogP contribution in [0.2, 0.25) is 0 Å². The van der Waals surface area contributed by atoms with Crippen molar-refractivity contribution in [3.63, 3.8) is 0 Å². The second-order valence-electron chi connectivity index (χ2n) is 11.4. The average molecular weight is 605 g/mol. The highest BCUT2D eigenvalue weighted by Gasteiger charge is 2.55. The molecule has 4 aliphatic rings. The summed E-state index contributed by atoms with van der Waals surface area (Å²) >= 11 is 0. The molecular formula is C34H32N6O5. The Morgan fingerprint density at radius 2 is 1.58 bits per heavy atom. The fourth-order valence-electron chi connectivity index (χ4n) is 6.64. The van der Waals surface area contributed by atoms with Gasteiger partial charge in [-0.15, -0.1) is 0 Å². The molecule has 1 saturated carbocycles. The van der Waals surface area contributed by atoms with E-state index < -0.39 is 23.9 Å². The Morgan fingerprint density at radius 3 is 2.27 bits per heavy atom. The Balaban J connectivity index is 1.19. The van der Waals surface area contributed by atoms with E-state index in [2.05, 4.69) is 16.4 Å². The van der Waals surface area contributed by atoms with Crippen LogP contribution in [0.25, 0.3) is 6.08 Å². The lowest BCUT2D eigenvalue weighted by molar-refractivity contribution is -0.136. The predicted octanol–water partition coefficient (Wildman–Crippen LogP) is 4.82. The maximum atomic E-state index is 14.1. The summed E-state index contributed by atoms with van der Waals surface area (Å²) in [6.45, 7) is -0.250. The monoisotopic (exact) mass is 604 g/mol. The number of amides is 3. The van der Waals surface area contributed by atoms with E-state index in [1.54, 1.807) is 38.5 Å². The summed E-state index contributed by atoms with van der Waals surface area (Å²) in [4.78, 5) is 41.9. The molecule has 0 spiro atoms. The Kier molecular flexibility index (Phi) is 7.36. The van der Waals surface area contributed by atoms with Crippen molar-refractivity contribution in [2.24, 2.45) is 21.4 Å². The number of allylic oxidation sites excluding steroid dienone is 1. The number of imide groups is 1. The zero-order valence-electron chi connectivity index (χ0n) is 24.9. The molecule has 3 heterocycles. The summed E-state index contributed by atoms with van der Waals surface area (Å²) < 4.78 is 10.7. The molecule has 228 valence electrons. The van der Waals surface area contributed by atoms with Crippen molar-refractivity contribution in [1.29, 1.82) is 0 Å². The van der Waals surface area contributed by atoms with E-state index in [-0.39, 0.29) is 24.4 Å². The van der Waals surface area contributed by atoms with Crippen LogP contribution in [0, 0.1) is 5.92 Å². The lowest BCUT2D eigenvalue weighted by Gasteiger charge is -2.30. The first-order chi connectivity index (χ1) is 22.0. The van der Waals surface area contributed by atoms with Crippen LogP contribution >= 0.6 is 0 Å². The van der Waals surface area contributed by atoms with Crippen molar-refractivity contribution in [2.45, 2.75) is 37.4 Å². The SMILES string of the molecule is COc1ccc(/C=C2\CCCC3C2=NN(C(=O)CN2N=NC4C(=O)N(c5ccccc5)C(=O)C42)C3c2ccc(OC)cc2)cc1. The summed E-state index contributed by atoms with van der Waals surface area (Å²) in [6.07, 6.45) is 4.79. The van der Waals surface area contributed by atoms with Crippen molar-refractivity contribution in [2.75, 3.05) is 25.7 Å². The van der Waals surface area contributed by atoms with Gasteiger partial charge in [-0.1, -0.05) is 47.7 Å². The second kappa shape index (κ2) is 11.6. The number of rotatable bonds is 7. The minimum atomic E-state index is -0.991. The standard InChI is InChI=1S/C34H32N6O5/c1-44-25-15-11-21(12-16-25)19-23-7-6-10-27-29(23)36-40(31(27)22-13-17-26(45-2)18-14-22)28(41)20-38-32-30(35-37-38)33(42)39(34(32)43)24-8-4-3-5-9-24/h3-5,8-9,11-19,27,30-32H,6-7,10,20H2,1-2H3/b23-19+. The predicted molar refractivity (Wildman–Crippen MR) is 166 cm³/mol. The van der Waals surface area contributed by atoms with Crippen molar-refractivity contribution < 1.29 is 23.9 Å². The molecule has 2 fully saturated rings. The molecule has 0 bridgehead atoms. The van der Waals surface area contributed by atoms with E-state index in [9.17, 15) is 14.4 Å². The summed E-state index contributed by atoms with van der Waals surface area (Å²) in [5.41, 5.74) is 4.39. The molecule has 0 aromatic heterocycles. The number of fused-ring (bicyclic) bond motifs is 2. The number of methoxy groups -OCH3 is 2. The van der Waals surface area contributed by atoms with Crippen molar-refractivity contribution in [3.05, 3.63) is 95.6 Å². The van der Waals surface area contributed by atoms with E-state index in [0.717, 1.165) is 58.1 Å². The van der Waals surface area contributed by atoms with Crippen LogP contribution in [-0.4, -0.2) is 66.3 Å². The topological polar surface area (TPSA) is 116 Å². The summed E-state index contributed by atoms with van der Waals surface area (Å²) in [5, 5.41) is 16.0. The third-order valence-electron chi connectivity index (χ3n) is 8.84. The number of benzene rings is 3. The molecule has 11 heteroatoms. The number of hydrazone groups is 1. The molecule has 11 nitrogen and oxygen atoms in total. The van der Waals surface area contributed by atoms with E-state index in [1.807, 2.05) is 54.6 Å². The van der Waals surface area contributed by atoms with Crippen molar-refractivity contribution in [3.8, 4) is 11.5 Å². The normalized spacial score (nSPS) is 24.6. The van der Waals surface area contributed by atoms with Crippen LogP contribution in [0.1, 0.15) is 36.4 Å². The fraction of sp³-hybridized carbons (Fsp3) is 0.294. The molecule has 3 aliphatic heterocycles. The van der Waals surface area contributed by atoms with Gasteiger partial charge in [-0.2, -0.15) is 10.2 Å². The molecule has 0 N–H and O–H groups in total. The zero-order chi connectivity index (χ0) is 31.1. The van der Waals surface area contributed by atoms with Crippen molar-refractivity contribution >= 4 is 35.2 Å². The maximum Gasteiger partial charge on any atom is 0.264 e. The molecule has 0 radical (unpaired) electrons. The van der Waals surface area contributed by atoms with Gasteiger partial charge in [0.25, 0.3) is 17.7 Å². The second-order valence-corrected chi connectivity index (χ2v) is 11.4. The quantitative estimate of drug-likeness (QED) is 0.357. The van der Waals surface area contributed by atoms with Crippen molar-refractivity contribution in [1.82, 2.24) is 10.0 Å². The fourth-order valence-corrected chi connectivity index (χ4v) is 6.64. The zero-order valence-corrected chi connectivity index (χ0v) is 24.9. The smallest absolute Gasteiger partial charge is 0.264 e. The van der Waals surface area contributed by atoms with E-state index in [4.69, 9.17) is 14.6 Å². The Hall–Kier alpha value is -5.32. The van der Waals surface area contributed by atoms with Crippen LogP contribution in [0.3, 0.4) is 0 Å². The van der Waals surface area contributed by atoms with Gasteiger partial charge in [-0.3, -0.25) is 19.4 Å². The van der Waals surface area contributed by atoms with Crippen LogP contribution in [-0.2, 0) is 14.4 Å². The van der Waals surface area contributed by atoms with Gasteiger partial charge in [0, 0.05) is 5.92 Å². The minimum Gasteiger partial charge on any atom is -0.497 e. The molecule has 45 heavy (non-hydrogen) atoms. The molecule has 4 unspecified atom stereocenters. The third-order valence-corrected chi connectivity index (χ3v) is 8.84. The van der Waals surface area contributed by atoms with Gasteiger partial charge < -0.3 is 9.47 Å². The number of hydrogen-bond donors (Lipinski definition) is 0. The highest BCUT2D eigenvalue weighted by molar-refractivity contribution is 6.25. The lowest BCUT2D eigenvalue weighted by atomic mass is 9.77. The number of hydrogen-bond acceptors (Lipinski definition) is 9. The van der Waals surface area contributed by atoms with E-state index in [1.165, 1.54) is 10.0 Å². The van der Waals surface area contributed by atoms with Gasteiger partial charge >= 0.3 is 0 Å². The Labute approximate surface area is 260 Å². The lowest BCUT2D eigenvalue weighted by Crippen LogP contribution is -2.45. The van der Waals surface area contributed by atoms with Crippen LogP contribution < -0.4 is 14.4 Å².